The van der Waals surface area contributed by atoms with Gasteiger partial charge in [-0.1, -0.05) is 50.3 Å². The average molecular weight is 342 g/mol. The highest BCUT2D eigenvalue weighted by molar-refractivity contribution is 7.89. The van der Waals surface area contributed by atoms with E-state index in [0.29, 0.717) is 4.90 Å². The summed E-state index contributed by atoms with van der Waals surface area (Å²) in [7, 11) is -1.75. The zero-order chi connectivity index (χ0) is 17.3. The minimum absolute atomic E-state index is 0.0277. The molecule has 1 atom stereocenters. The van der Waals surface area contributed by atoms with Crippen LogP contribution in [0, 0.1) is 6.92 Å². The van der Waals surface area contributed by atoms with Crippen molar-refractivity contribution >= 4 is 10.0 Å². The van der Waals surface area contributed by atoms with E-state index in [1.807, 2.05) is 19.1 Å². The summed E-state index contributed by atoms with van der Waals surface area (Å²) in [6.45, 7) is 4.28. The van der Waals surface area contributed by atoms with E-state index in [-0.39, 0.29) is 12.6 Å². The van der Waals surface area contributed by atoms with Gasteiger partial charge in [-0.2, -0.15) is 4.31 Å². The molecule has 0 aromatic heterocycles. The molecule has 0 radical (unpaired) electrons. The monoisotopic (exact) mass is 341 g/mol. The third-order valence-corrected chi connectivity index (χ3v) is 6.22. The van der Waals surface area contributed by atoms with Gasteiger partial charge < -0.3 is 5.11 Å². The van der Waals surface area contributed by atoms with Crippen molar-refractivity contribution in [2.24, 2.45) is 0 Å². The lowest BCUT2D eigenvalue weighted by molar-refractivity contribution is 0.274. The van der Waals surface area contributed by atoms with Gasteiger partial charge in [-0.3, -0.25) is 0 Å². The molecule has 0 saturated carbocycles. The minimum atomic E-state index is -3.44. The molecular formula is C18H31NO3S. The number of aliphatic hydroxyl groups is 1. The summed E-state index contributed by atoms with van der Waals surface area (Å²) in [5, 5.41) is 8.88. The fourth-order valence-electron chi connectivity index (χ4n) is 2.69. The molecule has 132 valence electrons. The molecule has 0 aliphatic carbocycles. The molecule has 0 bridgehead atoms. The van der Waals surface area contributed by atoms with Gasteiger partial charge in [0.05, 0.1) is 4.90 Å². The lowest BCUT2D eigenvalue weighted by Crippen LogP contribution is -2.37. The average Bonchev–Trinajstić information content (AvgIpc) is 2.54. The van der Waals surface area contributed by atoms with Crippen LogP contribution in [0.5, 0.6) is 0 Å². The maximum atomic E-state index is 12.8. The molecule has 0 heterocycles. The van der Waals surface area contributed by atoms with E-state index >= 15 is 0 Å². The molecule has 0 fully saturated rings. The van der Waals surface area contributed by atoms with Crippen molar-refractivity contribution in [1.82, 2.24) is 4.31 Å². The Bertz CT molecular complexity index is 540. The van der Waals surface area contributed by atoms with Crippen molar-refractivity contribution < 1.29 is 13.5 Å². The Morgan fingerprint density at radius 1 is 1.04 bits per heavy atom. The van der Waals surface area contributed by atoms with Crippen LogP contribution in [-0.4, -0.2) is 37.5 Å². The van der Waals surface area contributed by atoms with E-state index in [4.69, 9.17) is 5.11 Å². The van der Waals surface area contributed by atoms with Crippen molar-refractivity contribution in [2.75, 3.05) is 13.7 Å². The van der Waals surface area contributed by atoms with E-state index in [1.165, 1.54) is 0 Å². The van der Waals surface area contributed by atoms with E-state index in [2.05, 4.69) is 6.92 Å². The number of hydrogen-bond donors (Lipinski definition) is 1. The summed E-state index contributed by atoms with van der Waals surface area (Å²) in [6, 6.07) is 7.07. The normalized spacial score (nSPS) is 13.4. The SMILES string of the molecule is CCCCC(CCCCCO)N(C)S(=O)(=O)c1ccc(C)cc1. The Morgan fingerprint density at radius 3 is 2.22 bits per heavy atom. The molecule has 1 aromatic rings. The fraction of sp³-hybridized carbons (Fsp3) is 0.667. The number of hydrogen-bond acceptors (Lipinski definition) is 3. The van der Waals surface area contributed by atoms with Gasteiger partial charge in [0.15, 0.2) is 0 Å². The van der Waals surface area contributed by atoms with E-state index in [0.717, 1.165) is 50.5 Å². The number of unbranched alkanes of at least 4 members (excludes halogenated alkanes) is 3. The number of aryl methyl sites for hydroxylation is 1. The molecule has 4 nitrogen and oxygen atoms in total. The maximum absolute atomic E-state index is 12.8. The second-order valence-electron chi connectivity index (χ2n) is 6.20. The van der Waals surface area contributed by atoms with Gasteiger partial charge in [0.2, 0.25) is 10.0 Å². The molecule has 0 amide bonds. The third-order valence-electron chi connectivity index (χ3n) is 4.30. The molecule has 1 unspecified atom stereocenters. The predicted octanol–water partition coefficient (Wildman–Crippen LogP) is 3.73. The number of nitrogens with zero attached hydrogens (tertiary/aromatic N) is 1. The van der Waals surface area contributed by atoms with Crippen molar-refractivity contribution in [1.29, 1.82) is 0 Å². The van der Waals surface area contributed by atoms with Crippen LogP contribution in [0.2, 0.25) is 0 Å². The molecule has 1 N–H and O–H groups in total. The Balaban J connectivity index is 2.83. The first kappa shape index (κ1) is 20.1. The molecular weight excluding hydrogens is 310 g/mol. The highest BCUT2D eigenvalue weighted by Gasteiger charge is 2.27. The van der Waals surface area contributed by atoms with Crippen molar-refractivity contribution in [3.05, 3.63) is 29.8 Å². The third kappa shape index (κ3) is 6.24. The molecule has 1 rings (SSSR count). The zero-order valence-corrected chi connectivity index (χ0v) is 15.5. The highest BCUT2D eigenvalue weighted by Crippen LogP contribution is 2.23. The topological polar surface area (TPSA) is 57.6 Å². The summed E-state index contributed by atoms with van der Waals surface area (Å²) < 4.78 is 27.2. The quantitative estimate of drug-likeness (QED) is 0.624. The van der Waals surface area contributed by atoms with Gasteiger partial charge in [0.25, 0.3) is 0 Å². The molecule has 1 aromatic carbocycles. The summed E-state index contributed by atoms with van der Waals surface area (Å²) in [6.07, 6.45) is 6.50. The Kier molecular flexibility index (Phi) is 8.81. The van der Waals surface area contributed by atoms with Crippen molar-refractivity contribution in [3.8, 4) is 0 Å². The summed E-state index contributed by atoms with van der Waals surface area (Å²) in [4.78, 5) is 0.363. The maximum Gasteiger partial charge on any atom is 0.243 e. The van der Waals surface area contributed by atoms with Crippen LogP contribution in [0.1, 0.15) is 57.4 Å². The molecule has 0 aliphatic heterocycles. The summed E-state index contributed by atoms with van der Waals surface area (Å²) in [5.41, 5.74) is 1.05. The van der Waals surface area contributed by atoms with Gasteiger partial charge in [0.1, 0.15) is 0 Å². The lowest BCUT2D eigenvalue weighted by atomic mass is 10.0. The molecule has 0 spiro atoms. The minimum Gasteiger partial charge on any atom is -0.396 e. The second-order valence-corrected chi connectivity index (χ2v) is 8.20. The number of benzene rings is 1. The first-order chi connectivity index (χ1) is 10.9. The van der Waals surface area contributed by atoms with Crippen LogP contribution in [0.25, 0.3) is 0 Å². The van der Waals surface area contributed by atoms with Crippen LogP contribution in [0.15, 0.2) is 29.2 Å². The smallest absolute Gasteiger partial charge is 0.243 e. The molecule has 0 saturated heterocycles. The first-order valence-electron chi connectivity index (χ1n) is 8.59. The van der Waals surface area contributed by atoms with Crippen LogP contribution >= 0.6 is 0 Å². The fourth-order valence-corrected chi connectivity index (χ4v) is 4.10. The van der Waals surface area contributed by atoms with Gasteiger partial charge in [-0.15, -0.1) is 0 Å². The van der Waals surface area contributed by atoms with Crippen molar-refractivity contribution in [3.63, 3.8) is 0 Å². The summed E-state index contributed by atoms with van der Waals surface area (Å²) >= 11 is 0. The Hall–Kier alpha value is -0.910. The molecule has 0 aliphatic rings. The van der Waals surface area contributed by atoms with E-state index in [1.54, 1.807) is 23.5 Å². The largest absolute Gasteiger partial charge is 0.396 e. The molecule has 23 heavy (non-hydrogen) atoms. The second kappa shape index (κ2) is 10.1. The zero-order valence-electron chi connectivity index (χ0n) is 14.7. The van der Waals surface area contributed by atoms with Gasteiger partial charge in [-0.05, 0) is 38.3 Å². The van der Waals surface area contributed by atoms with E-state index < -0.39 is 10.0 Å². The lowest BCUT2D eigenvalue weighted by Gasteiger charge is -2.27. The van der Waals surface area contributed by atoms with Gasteiger partial charge in [-0.25, -0.2) is 8.42 Å². The number of aliphatic hydroxyl groups excluding tert-OH is 1. The molecule has 5 heteroatoms. The van der Waals surface area contributed by atoms with Gasteiger partial charge >= 0.3 is 0 Å². The van der Waals surface area contributed by atoms with Gasteiger partial charge in [0, 0.05) is 19.7 Å². The Morgan fingerprint density at radius 2 is 1.65 bits per heavy atom. The number of sulfonamides is 1. The first-order valence-corrected chi connectivity index (χ1v) is 10.0. The van der Waals surface area contributed by atoms with Crippen LogP contribution in [0.3, 0.4) is 0 Å². The number of rotatable bonds is 11. The van der Waals surface area contributed by atoms with Crippen LogP contribution in [0.4, 0.5) is 0 Å². The highest BCUT2D eigenvalue weighted by atomic mass is 32.2. The van der Waals surface area contributed by atoms with E-state index in [9.17, 15) is 8.42 Å². The summed E-state index contributed by atoms with van der Waals surface area (Å²) in [5.74, 6) is 0. The van der Waals surface area contributed by atoms with Crippen LogP contribution < -0.4 is 0 Å². The Labute approximate surface area is 141 Å². The van der Waals surface area contributed by atoms with Crippen molar-refractivity contribution in [2.45, 2.75) is 69.7 Å². The van der Waals surface area contributed by atoms with Crippen LogP contribution in [-0.2, 0) is 10.0 Å². The standard InChI is InChI=1S/C18H31NO3S/c1-4-5-9-17(10-7-6-8-15-20)19(3)23(21,22)18-13-11-16(2)12-14-18/h11-14,17,20H,4-10,15H2,1-3H3. The predicted molar refractivity (Wildman–Crippen MR) is 95.0 cm³/mol.